The molecule has 0 saturated heterocycles. The van der Waals surface area contributed by atoms with Gasteiger partial charge in [0.15, 0.2) is 5.69 Å². The normalized spacial score (nSPS) is 25.9. The standard InChI is InChI=1S/C32H31ClN4O5/c1-41-26-4-3-5-27(42-2)28(26)23-14-24(36-35-23)30(38)37(25-8-9-34-22-13-20(33)6-7-21(22)25)32-15-17-10-18(16-32)12-19(11-17)29(32)31(39)40/h3-9,13-14,17-19,29H,10-12,15-16H2,1-2H3,(H,35,36)(H,39,40). The number of rotatable bonds is 7. The van der Waals surface area contributed by atoms with Crippen LogP contribution in [0, 0.1) is 23.7 Å². The molecule has 4 aliphatic carbocycles. The Balaban J connectivity index is 1.42. The number of nitrogens with zero attached hydrogens (tertiary/aromatic N) is 3. The first-order chi connectivity index (χ1) is 20.3. The minimum atomic E-state index is -0.896. The van der Waals surface area contributed by atoms with Crippen molar-refractivity contribution in [2.75, 3.05) is 19.1 Å². The number of benzene rings is 2. The first-order valence-corrected chi connectivity index (χ1v) is 14.6. The average Bonchev–Trinajstić information content (AvgIpc) is 3.46. The highest BCUT2D eigenvalue weighted by Gasteiger charge is 2.63. The molecule has 0 aliphatic heterocycles. The molecule has 4 bridgehead atoms. The van der Waals surface area contributed by atoms with Gasteiger partial charge in [-0.3, -0.25) is 24.6 Å². The van der Waals surface area contributed by atoms with Crippen LogP contribution in [0.5, 0.6) is 11.5 Å². The molecule has 3 unspecified atom stereocenters. The number of methoxy groups -OCH3 is 2. The Morgan fingerprint density at radius 1 is 1.02 bits per heavy atom. The van der Waals surface area contributed by atoms with Crippen LogP contribution in [0.3, 0.4) is 0 Å². The Bertz CT molecular complexity index is 1680. The number of nitrogens with one attached hydrogen (secondary N) is 1. The molecule has 0 radical (unpaired) electrons. The van der Waals surface area contributed by atoms with E-state index in [1.807, 2.05) is 30.3 Å². The van der Waals surface area contributed by atoms with Crippen LogP contribution in [0.4, 0.5) is 5.69 Å². The van der Waals surface area contributed by atoms with Crippen LogP contribution in [0.25, 0.3) is 22.2 Å². The number of anilines is 1. The first kappa shape index (κ1) is 26.8. The van der Waals surface area contributed by atoms with E-state index in [-0.39, 0.29) is 17.5 Å². The minimum Gasteiger partial charge on any atom is -0.496 e. The number of aromatic nitrogens is 3. The van der Waals surface area contributed by atoms with Crippen molar-refractivity contribution in [3.05, 3.63) is 65.4 Å². The second kappa shape index (κ2) is 10.0. The van der Waals surface area contributed by atoms with Crippen LogP contribution in [0.1, 0.15) is 42.6 Å². The third-order valence-electron chi connectivity index (χ3n) is 9.60. The van der Waals surface area contributed by atoms with Crippen molar-refractivity contribution in [2.24, 2.45) is 23.7 Å². The second-order valence-electron chi connectivity index (χ2n) is 11.9. The summed E-state index contributed by atoms with van der Waals surface area (Å²) in [7, 11) is 3.14. The maximum absolute atomic E-state index is 14.8. The van der Waals surface area contributed by atoms with E-state index in [9.17, 15) is 14.7 Å². The molecule has 1 amide bonds. The minimum absolute atomic E-state index is 0.0270. The number of ether oxygens (including phenoxy) is 2. The summed E-state index contributed by atoms with van der Waals surface area (Å²) in [5.74, 6) is 0.0287. The summed E-state index contributed by atoms with van der Waals surface area (Å²) in [6.07, 6.45) is 5.79. The fourth-order valence-corrected chi connectivity index (χ4v) is 8.56. The van der Waals surface area contributed by atoms with Gasteiger partial charge in [-0.2, -0.15) is 5.10 Å². The van der Waals surface area contributed by atoms with Gasteiger partial charge in [-0.25, -0.2) is 0 Å². The van der Waals surface area contributed by atoms with Crippen molar-refractivity contribution in [3.63, 3.8) is 0 Å². The van der Waals surface area contributed by atoms with Crippen molar-refractivity contribution in [3.8, 4) is 22.8 Å². The number of hydrogen-bond acceptors (Lipinski definition) is 6. The van der Waals surface area contributed by atoms with E-state index in [4.69, 9.17) is 21.1 Å². The van der Waals surface area contributed by atoms with Gasteiger partial charge in [0.25, 0.3) is 5.91 Å². The summed E-state index contributed by atoms with van der Waals surface area (Å²) in [4.78, 5) is 34.1. The largest absolute Gasteiger partial charge is 0.496 e. The molecule has 42 heavy (non-hydrogen) atoms. The van der Waals surface area contributed by atoms with E-state index in [2.05, 4.69) is 15.2 Å². The molecule has 8 rings (SSSR count). The number of aromatic amines is 1. The highest BCUT2D eigenvalue weighted by atomic mass is 35.5. The highest BCUT2D eigenvalue weighted by Crippen LogP contribution is 2.61. The molecule has 10 heteroatoms. The molecular weight excluding hydrogens is 556 g/mol. The Morgan fingerprint density at radius 2 is 1.74 bits per heavy atom. The van der Waals surface area contributed by atoms with Crippen LogP contribution >= 0.6 is 11.6 Å². The molecule has 2 aromatic carbocycles. The van der Waals surface area contributed by atoms with Gasteiger partial charge in [0.05, 0.1) is 48.1 Å². The second-order valence-corrected chi connectivity index (χ2v) is 12.3. The van der Waals surface area contributed by atoms with Crippen molar-refractivity contribution < 1.29 is 24.2 Å². The molecular formula is C32H31ClN4O5. The highest BCUT2D eigenvalue weighted by molar-refractivity contribution is 6.31. The number of carbonyl (C=O) groups is 2. The maximum Gasteiger partial charge on any atom is 0.309 e. The Hall–Kier alpha value is -4.11. The van der Waals surface area contributed by atoms with E-state index in [0.717, 1.165) is 24.6 Å². The third-order valence-corrected chi connectivity index (χ3v) is 9.84. The molecule has 2 heterocycles. The molecule has 4 fully saturated rings. The lowest BCUT2D eigenvalue weighted by atomic mass is 9.47. The molecule has 3 atom stereocenters. The fourth-order valence-electron chi connectivity index (χ4n) is 8.39. The van der Waals surface area contributed by atoms with Crippen molar-refractivity contribution in [1.29, 1.82) is 0 Å². The van der Waals surface area contributed by atoms with E-state index in [1.165, 1.54) is 0 Å². The van der Waals surface area contributed by atoms with E-state index in [1.54, 1.807) is 43.5 Å². The van der Waals surface area contributed by atoms with Crippen molar-refractivity contribution in [2.45, 2.75) is 37.6 Å². The summed E-state index contributed by atoms with van der Waals surface area (Å²) in [5.41, 5.74) is 1.73. The number of halogens is 1. The molecule has 4 aromatic rings. The lowest BCUT2D eigenvalue weighted by molar-refractivity contribution is -0.157. The van der Waals surface area contributed by atoms with Gasteiger partial charge in [0, 0.05) is 16.6 Å². The lowest BCUT2D eigenvalue weighted by Crippen LogP contribution is -2.68. The van der Waals surface area contributed by atoms with Gasteiger partial charge < -0.3 is 14.6 Å². The average molecular weight is 587 g/mol. The zero-order chi connectivity index (χ0) is 29.2. The predicted molar refractivity (Wildman–Crippen MR) is 158 cm³/mol. The number of H-pyrrole nitrogens is 1. The molecule has 4 saturated carbocycles. The lowest BCUT2D eigenvalue weighted by Gasteiger charge is -2.63. The third kappa shape index (κ3) is 4.05. The number of hydrogen-bond donors (Lipinski definition) is 2. The van der Waals surface area contributed by atoms with Crippen LogP contribution in [-0.4, -0.2) is 51.9 Å². The predicted octanol–water partition coefficient (Wildman–Crippen LogP) is 6.22. The molecule has 0 spiro atoms. The smallest absolute Gasteiger partial charge is 0.309 e. The zero-order valence-corrected chi connectivity index (χ0v) is 24.1. The molecule has 4 aliphatic rings. The molecule has 216 valence electrons. The van der Waals surface area contributed by atoms with Gasteiger partial charge in [0.1, 0.15) is 11.5 Å². The summed E-state index contributed by atoms with van der Waals surface area (Å²) < 4.78 is 11.2. The quantitative estimate of drug-likeness (QED) is 0.264. The van der Waals surface area contributed by atoms with Crippen LogP contribution in [0.2, 0.25) is 5.02 Å². The van der Waals surface area contributed by atoms with E-state index in [0.29, 0.717) is 63.7 Å². The Kier molecular flexibility index (Phi) is 6.38. The van der Waals surface area contributed by atoms with Gasteiger partial charge in [0.2, 0.25) is 0 Å². The number of carboxylic acid groups (broad SMARTS) is 1. The van der Waals surface area contributed by atoms with Crippen LogP contribution in [-0.2, 0) is 4.79 Å². The number of carbonyl (C=O) groups excluding carboxylic acids is 1. The first-order valence-electron chi connectivity index (χ1n) is 14.2. The summed E-state index contributed by atoms with van der Waals surface area (Å²) in [6, 6.07) is 14.3. The number of fused-ring (bicyclic) bond motifs is 1. The number of pyridine rings is 1. The van der Waals surface area contributed by atoms with Crippen LogP contribution < -0.4 is 14.4 Å². The summed E-state index contributed by atoms with van der Waals surface area (Å²) in [5, 5.41) is 19.4. The van der Waals surface area contributed by atoms with Gasteiger partial charge in [-0.05, 0) is 92.3 Å². The van der Waals surface area contributed by atoms with Crippen molar-refractivity contribution >= 4 is 40.1 Å². The molecule has 2 N–H and O–H groups in total. The van der Waals surface area contributed by atoms with Crippen molar-refractivity contribution in [1.82, 2.24) is 15.2 Å². The monoisotopic (exact) mass is 586 g/mol. The maximum atomic E-state index is 14.8. The van der Waals surface area contributed by atoms with Gasteiger partial charge >= 0.3 is 5.97 Å². The number of carboxylic acids is 1. The summed E-state index contributed by atoms with van der Waals surface area (Å²) >= 11 is 6.31. The van der Waals surface area contributed by atoms with E-state index >= 15 is 0 Å². The fraction of sp³-hybridized carbons (Fsp3) is 0.375. The zero-order valence-electron chi connectivity index (χ0n) is 23.3. The molecule has 2 aromatic heterocycles. The topological polar surface area (TPSA) is 118 Å². The molecule has 9 nitrogen and oxygen atoms in total. The van der Waals surface area contributed by atoms with E-state index < -0.39 is 17.4 Å². The van der Waals surface area contributed by atoms with Gasteiger partial charge in [-0.1, -0.05) is 17.7 Å². The SMILES string of the molecule is COc1cccc(OC)c1-c1cc(C(=O)N(c2ccnc3cc(Cl)ccc23)C23CC4CC(CC(C4)C2C(=O)O)C3)n[nH]1. The van der Waals surface area contributed by atoms with Gasteiger partial charge in [-0.15, -0.1) is 0 Å². The Labute approximate surface area is 247 Å². The van der Waals surface area contributed by atoms with Crippen LogP contribution in [0.15, 0.2) is 54.7 Å². The number of aliphatic carboxylic acids is 1. The Morgan fingerprint density at radius 3 is 2.40 bits per heavy atom. The summed E-state index contributed by atoms with van der Waals surface area (Å²) in [6.45, 7) is 0. The number of amides is 1.